The molecular formula is C13H16N4O. The molecule has 1 aromatic heterocycles. The SMILES string of the molecule is CC1(C)CCN(C(=O)c2ccc3[nH]nnc3c2)C1. The first-order chi connectivity index (χ1) is 8.55. The summed E-state index contributed by atoms with van der Waals surface area (Å²) in [4.78, 5) is 14.3. The Morgan fingerprint density at radius 2 is 2.28 bits per heavy atom. The molecule has 1 fully saturated rings. The highest BCUT2D eigenvalue weighted by Gasteiger charge is 2.32. The van der Waals surface area contributed by atoms with Crippen LogP contribution in [0.15, 0.2) is 18.2 Å². The molecule has 5 nitrogen and oxygen atoms in total. The number of hydrogen-bond donors (Lipinski definition) is 1. The van der Waals surface area contributed by atoms with Crippen LogP contribution in [-0.2, 0) is 0 Å². The summed E-state index contributed by atoms with van der Waals surface area (Å²) >= 11 is 0. The number of aromatic amines is 1. The van der Waals surface area contributed by atoms with Crippen molar-refractivity contribution in [3.05, 3.63) is 23.8 Å². The first-order valence-corrected chi connectivity index (χ1v) is 6.15. The van der Waals surface area contributed by atoms with E-state index in [0.29, 0.717) is 5.56 Å². The van der Waals surface area contributed by atoms with E-state index in [1.807, 2.05) is 17.0 Å². The number of amides is 1. The molecule has 0 aliphatic carbocycles. The fourth-order valence-electron chi connectivity index (χ4n) is 2.44. The van der Waals surface area contributed by atoms with Gasteiger partial charge in [-0.15, -0.1) is 5.10 Å². The topological polar surface area (TPSA) is 61.9 Å². The molecule has 0 saturated carbocycles. The number of fused-ring (bicyclic) bond motifs is 1. The van der Waals surface area contributed by atoms with Crippen molar-refractivity contribution in [1.82, 2.24) is 20.3 Å². The maximum absolute atomic E-state index is 12.4. The van der Waals surface area contributed by atoms with Gasteiger partial charge in [-0.3, -0.25) is 9.89 Å². The molecule has 1 aromatic carbocycles. The third-order valence-electron chi connectivity index (χ3n) is 3.54. The van der Waals surface area contributed by atoms with E-state index in [9.17, 15) is 4.79 Å². The molecule has 2 heterocycles. The largest absolute Gasteiger partial charge is 0.338 e. The van der Waals surface area contributed by atoms with E-state index >= 15 is 0 Å². The number of rotatable bonds is 1. The van der Waals surface area contributed by atoms with Crippen LogP contribution in [0.25, 0.3) is 11.0 Å². The predicted molar refractivity (Wildman–Crippen MR) is 68.2 cm³/mol. The molecule has 0 radical (unpaired) electrons. The van der Waals surface area contributed by atoms with Gasteiger partial charge in [0, 0.05) is 18.7 Å². The van der Waals surface area contributed by atoms with E-state index in [-0.39, 0.29) is 11.3 Å². The van der Waals surface area contributed by atoms with Crippen LogP contribution in [0, 0.1) is 5.41 Å². The van der Waals surface area contributed by atoms with Gasteiger partial charge in [-0.05, 0) is 30.0 Å². The quantitative estimate of drug-likeness (QED) is 0.832. The lowest BCUT2D eigenvalue weighted by Gasteiger charge is -2.19. The van der Waals surface area contributed by atoms with Gasteiger partial charge in [-0.1, -0.05) is 19.1 Å². The molecule has 1 N–H and O–H groups in total. The van der Waals surface area contributed by atoms with Gasteiger partial charge in [-0.25, -0.2) is 0 Å². The molecule has 1 amide bonds. The zero-order valence-corrected chi connectivity index (χ0v) is 10.6. The number of H-pyrrole nitrogens is 1. The normalized spacial score (nSPS) is 18.4. The molecule has 0 atom stereocenters. The van der Waals surface area contributed by atoms with Crippen LogP contribution in [0.1, 0.15) is 30.6 Å². The summed E-state index contributed by atoms with van der Waals surface area (Å²) in [6.45, 7) is 6.05. The van der Waals surface area contributed by atoms with Gasteiger partial charge in [-0.2, -0.15) is 0 Å². The lowest BCUT2D eigenvalue weighted by Crippen LogP contribution is -2.30. The van der Waals surface area contributed by atoms with E-state index in [2.05, 4.69) is 29.3 Å². The highest BCUT2D eigenvalue weighted by molar-refractivity contribution is 5.97. The highest BCUT2D eigenvalue weighted by Crippen LogP contribution is 2.29. The number of nitrogens with zero attached hydrogens (tertiary/aromatic N) is 3. The molecule has 1 aliphatic rings. The summed E-state index contributed by atoms with van der Waals surface area (Å²) in [5.41, 5.74) is 2.51. The molecule has 18 heavy (non-hydrogen) atoms. The number of likely N-dealkylation sites (tertiary alicyclic amines) is 1. The molecular weight excluding hydrogens is 228 g/mol. The van der Waals surface area contributed by atoms with Gasteiger partial charge in [0.15, 0.2) is 0 Å². The summed E-state index contributed by atoms with van der Waals surface area (Å²) in [7, 11) is 0. The Balaban J connectivity index is 1.88. The zero-order chi connectivity index (χ0) is 12.8. The second-order valence-electron chi connectivity index (χ2n) is 5.68. The Labute approximate surface area is 105 Å². The van der Waals surface area contributed by atoms with Crippen LogP contribution in [-0.4, -0.2) is 39.3 Å². The average Bonchev–Trinajstić information content (AvgIpc) is 2.93. The molecule has 1 aliphatic heterocycles. The number of aromatic nitrogens is 3. The third-order valence-corrected chi connectivity index (χ3v) is 3.54. The Morgan fingerprint density at radius 3 is 3.00 bits per heavy atom. The molecule has 0 unspecified atom stereocenters. The van der Waals surface area contributed by atoms with Gasteiger partial charge >= 0.3 is 0 Å². The monoisotopic (exact) mass is 244 g/mol. The lowest BCUT2D eigenvalue weighted by atomic mass is 9.93. The maximum atomic E-state index is 12.4. The van der Waals surface area contributed by atoms with Gasteiger partial charge < -0.3 is 4.90 Å². The number of hydrogen-bond acceptors (Lipinski definition) is 3. The maximum Gasteiger partial charge on any atom is 0.253 e. The van der Waals surface area contributed by atoms with Gasteiger partial charge in [0.05, 0.1) is 5.52 Å². The fourth-order valence-corrected chi connectivity index (χ4v) is 2.44. The van der Waals surface area contributed by atoms with E-state index < -0.39 is 0 Å². The summed E-state index contributed by atoms with van der Waals surface area (Å²) in [5, 5.41) is 10.4. The van der Waals surface area contributed by atoms with Crippen LogP contribution in [0.5, 0.6) is 0 Å². The Morgan fingerprint density at radius 1 is 1.44 bits per heavy atom. The highest BCUT2D eigenvalue weighted by atomic mass is 16.2. The average molecular weight is 244 g/mol. The van der Waals surface area contributed by atoms with Gasteiger partial charge in [0.25, 0.3) is 5.91 Å². The van der Waals surface area contributed by atoms with Crippen molar-refractivity contribution in [2.24, 2.45) is 5.41 Å². The summed E-state index contributed by atoms with van der Waals surface area (Å²) in [6.07, 6.45) is 1.06. The van der Waals surface area contributed by atoms with Crippen molar-refractivity contribution in [3.8, 4) is 0 Å². The van der Waals surface area contributed by atoms with Crippen LogP contribution in [0.4, 0.5) is 0 Å². The lowest BCUT2D eigenvalue weighted by molar-refractivity contribution is 0.0778. The van der Waals surface area contributed by atoms with Crippen LogP contribution < -0.4 is 0 Å². The fraction of sp³-hybridized carbons (Fsp3) is 0.462. The first-order valence-electron chi connectivity index (χ1n) is 6.15. The van der Waals surface area contributed by atoms with Crippen molar-refractivity contribution < 1.29 is 4.79 Å². The standard InChI is InChI=1S/C13H16N4O/c1-13(2)5-6-17(8-13)12(18)9-3-4-10-11(7-9)15-16-14-10/h3-4,7H,5-6,8H2,1-2H3,(H,14,15,16). The Bertz CT molecular complexity index is 602. The molecule has 3 rings (SSSR count). The molecule has 0 bridgehead atoms. The molecule has 0 spiro atoms. The van der Waals surface area contributed by atoms with Crippen LogP contribution >= 0.6 is 0 Å². The third kappa shape index (κ3) is 1.85. The second-order valence-corrected chi connectivity index (χ2v) is 5.68. The second kappa shape index (κ2) is 3.80. The van der Waals surface area contributed by atoms with E-state index in [1.165, 1.54) is 0 Å². The molecule has 1 saturated heterocycles. The summed E-state index contributed by atoms with van der Waals surface area (Å²) < 4.78 is 0. The minimum absolute atomic E-state index is 0.0884. The van der Waals surface area contributed by atoms with Gasteiger partial charge in [0.1, 0.15) is 5.52 Å². The Kier molecular flexibility index (Phi) is 2.36. The number of carbonyl (C=O) groups excluding carboxylic acids is 1. The Hall–Kier alpha value is -1.91. The van der Waals surface area contributed by atoms with Crippen molar-refractivity contribution >= 4 is 16.9 Å². The van der Waals surface area contributed by atoms with Crippen LogP contribution in [0.3, 0.4) is 0 Å². The number of nitrogens with one attached hydrogen (secondary N) is 1. The van der Waals surface area contributed by atoms with Crippen molar-refractivity contribution in [2.45, 2.75) is 20.3 Å². The minimum Gasteiger partial charge on any atom is -0.338 e. The smallest absolute Gasteiger partial charge is 0.253 e. The summed E-state index contributed by atoms with van der Waals surface area (Å²) in [6, 6.07) is 5.48. The van der Waals surface area contributed by atoms with E-state index in [1.54, 1.807) is 6.07 Å². The molecule has 2 aromatic rings. The molecule has 5 heteroatoms. The van der Waals surface area contributed by atoms with E-state index in [4.69, 9.17) is 0 Å². The van der Waals surface area contributed by atoms with Crippen LogP contribution in [0.2, 0.25) is 0 Å². The zero-order valence-electron chi connectivity index (χ0n) is 10.6. The number of carbonyl (C=O) groups is 1. The number of benzene rings is 1. The first kappa shape index (κ1) is 11.2. The van der Waals surface area contributed by atoms with Crippen molar-refractivity contribution in [2.75, 3.05) is 13.1 Å². The van der Waals surface area contributed by atoms with Gasteiger partial charge in [0.2, 0.25) is 0 Å². The molecule has 94 valence electrons. The van der Waals surface area contributed by atoms with Crippen molar-refractivity contribution in [1.29, 1.82) is 0 Å². The minimum atomic E-state index is 0.0884. The van der Waals surface area contributed by atoms with Crippen molar-refractivity contribution in [3.63, 3.8) is 0 Å². The predicted octanol–water partition coefficient (Wildman–Crippen LogP) is 1.83. The summed E-state index contributed by atoms with van der Waals surface area (Å²) in [5.74, 6) is 0.0884. The van der Waals surface area contributed by atoms with E-state index in [0.717, 1.165) is 30.5 Å².